The lowest BCUT2D eigenvalue weighted by Gasteiger charge is -2.34. The monoisotopic (exact) mass is 468 g/mol. The highest BCUT2D eigenvalue weighted by Crippen LogP contribution is 2.18. The Morgan fingerprint density at radius 3 is 2.64 bits per heavy atom. The molecule has 1 fully saturated rings. The summed E-state index contributed by atoms with van der Waals surface area (Å²) in [5.41, 5.74) is 0. The average molecular weight is 468 g/mol. The minimum atomic E-state index is -0.130. The Morgan fingerprint density at radius 2 is 2.04 bits per heavy atom. The molecule has 1 atom stereocenters. The smallest absolute Gasteiger partial charge is 0.310 e. The van der Waals surface area contributed by atoms with Crippen molar-refractivity contribution in [2.24, 2.45) is 10.9 Å². The Bertz CT molecular complexity index is 444. The van der Waals surface area contributed by atoms with Gasteiger partial charge in [0.2, 0.25) is 5.91 Å². The average Bonchev–Trinajstić information content (AvgIpc) is 2.53. The van der Waals surface area contributed by atoms with Gasteiger partial charge in [-0.15, -0.1) is 24.0 Å². The number of hydrogen-bond acceptors (Lipinski definition) is 4. The van der Waals surface area contributed by atoms with E-state index in [9.17, 15) is 9.59 Å². The van der Waals surface area contributed by atoms with E-state index in [4.69, 9.17) is 4.74 Å². The number of halogens is 1. The molecule has 1 heterocycles. The molecule has 1 unspecified atom stereocenters. The number of rotatable bonds is 7. The second kappa shape index (κ2) is 13.2. The van der Waals surface area contributed by atoms with Crippen molar-refractivity contribution >= 4 is 41.8 Å². The molecule has 0 aromatic carbocycles. The van der Waals surface area contributed by atoms with E-state index in [2.05, 4.69) is 20.5 Å². The van der Waals surface area contributed by atoms with Gasteiger partial charge in [0.25, 0.3) is 0 Å². The molecule has 0 aliphatic carbocycles. The van der Waals surface area contributed by atoms with Gasteiger partial charge in [0, 0.05) is 32.1 Å². The predicted molar refractivity (Wildman–Crippen MR) is 110 cm³/mol. The van der Waals surface area contributed by atoms with Gasteiger partial charge in [-0.1, -0.05) is 0 Å². The van der Waals surface area contributed by atoms with Crippen LogP contribution in [-0.4, -0.2) is 61.6 Å². The molecule has 25 heavy (non-hydrogen) atoms. The zero-order chi connectivity index (χ0) is 17.9. The van der Waals surface area contributed by atoms with E-state index in [0.717, 1.165) is 31.9 Å². The highest BCUT2D eigenvalue weighted by molar-refractivity contribution is 14.0. The number of carbonyl (C=O) groups is 2. The number of guanidine groups is 1. The maximum atomic E-state index is 12.0. The standard InChI is InChI=1S/C17H32N4O3.HI/c1-5-18-17(19-10-9-15(22)20-13(3)4)21-11-7-8-14(12-21)16(23)24-6-2;/h13-14H,5-12H2,1-4H3,(H,18,19)(H,20,22);1H. The summed E-state index contributed by atoms with van der Waals surface area (Å²) in [7, 11) is 0. The van der Waals surface area contributed by atoms with Gasteiger partial charge in [-0.05, 0) is 40.5 Å². The fourth-order valence-electron chi connectivity index (χ4n) is 2.71. The molecule has 1 aliphatic rings. The number of nitrogens with zero attached hydrogens (tertiary/aromatic N) is 2. The fraction of sp³-hybridized carbons (Fsp3) is 0.824. The number of hydrogen-bond donors (Lipinski definition) is 2. The van der Waals surface area contributed by atoms with Crippen molar-refractivity contribution in [1.29, 1.82) is 0 Å². The van der Waals surface area contributed by atoms with E-state index in [1.807, 2.05) is 27.7 Å². The van der Waals surface area contributed by atoms with Gasteiger partial charge in [0.1, 0.15) is 0 Å². The number of esters is 1. The molecule has 0 bridgehead atoms. The molecule has 1 aliphatic heterocycles. The van der Waals surface area contributed by atoms with Crippen LogP contribution in [0.2, 0.25) is 0 Å². The van der Waals surface area contributed by atoms with Gasteiger partial charge in [-0.3, -0.25) is 14.6 Å². The lowest BCUT2D eigenvalue weighted by Crippen LogP contribution is -2.48. The molecule has 0 aromatic rings. The Labute approximate surface area is 168 Å². The van der Waals surface area contributed by atoms with Crippen LogP contribution in [0.3, 0.4) is 0 Å². The fourth-order valence-corrected chi connectivity index (χ4v) is 2.71. The Balaban J connectivity index is 0.00000576. The van der Waals surface area contributed by atoms with Crippen molar-refractivity contribution in [1.82, 2.24) is 15.5 Å². The number of nitrogens with one attached hydrogen (secondary N) is 2. The Morgan fingerprint density at radius 1 is 1.32 bits per heavy atom. The molecule has 1 rings (SSSR count). The summed E-state index contributed by atoms with van der Waals surface area (Å²) in [6.07, 6.45) is 2.15. The highest BCUT2D eigenvalue weighted by atomic mass is 127. The number of carbonyl (C=O) groups excluding carboxylic acids is 2. The molecule has 8 heteroatoms. The maximum absolute atomic E-state index is 12.0. The summed E-state index contributed by atoms with van der Waals surface area (Å²) in [6, 6.07) is 0.141. The largest absolute Gasteiger partial charge is 0.466 e. The van der Waals surface area contributed by atoms with Crippen LogP contribution < -0.4 is 10.6 Å². The number of likely N-dealkylation sites (tertiary alicyclic amines) is 1. The summed E-state index contributed by atoms with van der Waals surface area (Å²) >= 11 is 0. The quantitative estimate of drug-likeness (QED) is 0.258. The zero-order valence-electron chi connectivity index (χ0n) is 15.8. The molecule has 0 saturated carbocycles. The minimum absolute atomic E-state index is 0. The van der Waals surface area contributed by atoms with Gasteiger partial charge in [-0.2, -0.15) is 0 Å². The second-order valence-corrected chi connectivity index (χ2v) is 6.25. The van der Waals surface area contributed by atoms with Gasteiger partial charge in [0.05, 0.1) is 19.1 Å². The van der Waals surface area contributed by atoms with Gasteiger partial charge in [0.15, 0.2) is 5.96 Å². The Hall–Kier alpha value is -1.06. The van der Waals surface area contributed by atoms with Crippen LogP contribution in [0.25, 0.3) is 0 Å². The van der Waals surface area contributed by atoms with Crippen LogP contribution in [0, 0.1) is 5.92 Å². The van der Waals surface area contributed by atoms with Crippen molar-refractivity contribution in [3.63, 3.8) is 0 Å². The third kappa shape index (κ3) is 9.27. The van der Waals surface area contributed by atoms with Crippen LogP contribution in [0.15, 0.2) is 4.99 Å². The van der Waals surface area contributed by atoms with E-state index in [0.29, 0.717) is 26.1 Å². The topological polar surface area (TPSA) is 83.0 Å². The van der Waals surface area contributed by atoms with Crippen LogP contribution in [0.1, 0.15) is 47.0 Å². The first kappa shape index (κ1) is 23.9. The molecule has 2 N–H and O–H groups in total. The van der Waals surface area contributed by atoms with E-state index < -0.39 is 0 Å². The predicted octanol–water partition coefficient (Wildman–Crippen LogP) is 1.76. The minimum Gasteiger partial charge on any atom is -0.466 e. The summed E-state index contributed by atoms with van der Waals surface area (Å²) < 4.78 is 5.14. The normalized spacial score (nSPS) is 17.7. The summed E-state index contributed by atoms with van der Waals surface area (Å²) in [5, 5.41) is 6.11. The number of amides is 1. The molecule has 7 nitrogen and oxygen atoms in total. The van der Waals surface area contributed by atoms with Crippen molar-refractivity contribution in [3.05, 3.63) is 0 Å². The SMILES string of the molecule is CCNC(=NCCC(=O)NC(C)C)N1CCCC(C(=O)OCC)C1.I. The Kier molecular flexibility index (Phi) is 12.6. The number of piperidine rings is 1. The first-order valence-electron chi connectivity index (χ1n) is 8.97. The summed E-state index contributed by atoms with van der Waals surface area (Å²) in [5.74, 6) is 0.539. The van der Waals surface area contributed by atoms with Crippen LogP contribution in [-0.2, 0) is 14.3 Å². The summed E-state index contributed by atoms with van der Waals surface area (Å²) in [6.45, 7) is 10.8. The van der Waals surface area contributed by atoms with Crippen molar-refractivity contribution in [2.75, 3.05) is 32.8 Å². The third-order valence-corrected chi connectivity index (χ3v) is 3.73. The molecule has 1 amide bonds. The van der Waals surface area contributed by atoms with E-state index in [-0.39, 0.29) is 47.8 Å². The van der Waals surface area contributed by atoms with Gasteiger partial charge in [-0.25, -0.2) is 0 Å². The van der Waals surface area contributed by atoms with Crippen molar-refractivity contribution < 1.29 is 14.3 Å². The number of ether oxygens (including phenoxy) is 1. The lowest BCUT2D eigenvalue weighted by atomic mass is 9.98. The number of aliphatic imine (C=N–C) groups is 1. The molecule has 0 radical (unpaired) electrons. The highest BCUT2D eigenvalue weighted by Gasteiger charge is 2.28. The van der Waals surface area contributed by atoms with E-state index in [1.165, 1.54) is 0 Å². The van der Waals surface area contributed by atoms with Crippen LogP contribution >= 0.6 is 24.0 Å². The molecule has 0 aromatic heterocycles. The maximum Gasteiger partial charge on any atom is 0.310 e. The second-order valence-electron chi connectivity index (χ2n) is 6.25. The first-order valence-corrected chi connectivity index (χ1v) is 8.97. The van der Waals surface area contributed by atoms with E-state index in [1.54, 1.807) is 0 Å². The van der Waals surface area contributed by atoms with Crippen LogP contribution in [0.4, 0.5) is 0 Å². The van der Waals surface area contributed by atoms with Gasteiger partial charge >= 0.3 is 5.97 Å². The van der Waals surface area contributed by atoms with Gasteiger partial charge < -0.3 is 20.3 Å². The molecular weight excluding hydrogens is 435 g/mol. The van der Waals surface area contributed by atoms with Crippen LogP contribution in [0.5, 0.6) is 0 Å². The summed E-state index contributed by atoms with van der Waals surface area (Å²) in [4.78, 5) is 30.3. The molecule has 0 spiro atoms. The first-order chi connectivity index (χ1) is 11.5. The lowest BCUT2D eigenvalue weighted by molar-refractivity contribution is -0.149. The molecular formula is C17H33IN4O3. The molecule has 146 valence electrons. The van der Waals surface area contributed by atoms with E-state index >= 15 is 0 Å². The molecule has 1 saturated heterocycles. The van der Waals surface area contributed by atoms with Crippen molar-refractivity contribution in [3.8, 4) is 0 Å². The zero-order valence-corrected chi connectivity index (χ0v) is 18.2. The van der Waals surface area contributed by atoms with Crippen molar-refractivity contribution in [2.45, 2.75) is 53.0 Å². The third-order valence-electron chi connectivity index (χ3n) is 3.73.